The van der Waals surface area contributed by atoms with Gasteiger partial charge in [-0.2, -0.15) is 0 Å². The monoisotopic (exact) mass is 251 g/mol. The van der Waals surface area contributed by atoms with E-state index in [1.807, 2.05) is 0 Å². The Labute approximate surface area is 83.1 Å². The maximum Gasteiger partial charge on any atom is 0.268 e. The molecule has 0 saturated carbocycles. The number of methoxy groups -OCH3 is 1. The Kier molecular flexibility index (Phi) is 3.59. The molecule has 0 unspecified atom stereocenters. The highest BCUT2D eigenvalue weighted by Crippen LogP contribution is 2.31. The second-order valence-corrected chi connectivity index (χ2v) is 2.92. The van der Waals surface area contributed by atoms with Crippen molar-refractivity contribution in [1.29, 1.82) is 0 Å². The normalized spacial score (nSPS) is 10.5. The molecule has 5 heteroatoms. The summed E-state index contributed by atoms with van der Waals surface area (Å²) in [5.74, 6) is 0.210. The number of hydrogen-bond donors (Lipinski definition) is 0. The van der Waals surface area contributed by atoms with Crippen LogP contribution in [0.25, 0.3) is 0 Å². The van der Waals surface area contributed by atoms with Gasteiger partial charge in [-0.15, -0.1) is 0 Å². The average Bonchev–Trinajstić information content (AvgIpc) is 2.16. The molecule has 0 amide bonds. The fraction of sp³-hybridized carbons (Fsp3) is 0.375. The summed E-state index contributed by atoms with van der Waals surface area (Å²) in [4.78, 5) is 3.70. The molecule has 0 fully saturated rings. The molecule has 1 aromatic rings. The molecule has 0 aromatic carbocycles. The van der Waals surface area contributed by atoms with Gasteiger partial charge in [0.15, 0.2) is 0 Å². The topological polar surface area (TPSA) is 22.1 Å². The van der Waals surface area contributed by atoms with E-state index in [0.717, 1.165) is 6.20 Å². The summed E-state index contributed by atoms with van der Waals surface area (Å²) >= 11 is 3.17. The quantitative estimate of drug-likeness (QED) is 0.771. The van der Waals surface area contributed by atoms with E-state index >= 15 is 0 Å². The molecule has 0 atom stereocenters. The van der Waals surface area contributed by atoms with Gasteiger partial charge in [0.2, 0.25) is 0 Å². The zero-order valence-corrected chi connectivity index (χ0v) is 8.51. The molecule has 0 radical (unpaired) electrons. The lowest BCUT2D eigenvalue weighted by molar-refractivity contribution is 0.146. The van der Waals surface area contributed by atoms with Gasteiger partial charge in [0, 0.05) is 23.3 Å². The van der Waals surface area contributed by atoms with E-state index in [1.54, 1.807) is 0 Å². The van der Waals surface area contributed by atoms with Gasteiger partial charge >= 0.3 is 0 Å². The van der Waals surface area contributed by atoms with Gasteiger partial charge in [-0.25, -0.2) is 8.78 Å². The fourth-order valence-electron chi connectivity index (χ4n) is 1.01. The Hall–Kier alpha value is -0.710. The van der Waals surface area contributed by atoms with Gasteiger partial charge in [-0.1, -0.05) is 15.9 Å². The van der Waals surface area contributed by atoms with Crippen molar-refractivity contribution in [2.45, 2.75) is 11.8 Å². The number of halogens is 3. The molecular weight excluding hydrogens is 244 g/mol. The molecule has 1 rings (SSSR count). The van der Waals surface area contributed by atoms with Crippen LogP contribution in [0.15, 0.2) is 12.4 Å². The summed E-state index contributed by atoms with van der Waals surface area (Å²) in [5.41, 5.74) is 0.458. The molecule has 0 aliphatic heterocycles. The summed E-state index contributed by atoms with van der Waals surface area (Å²) in [6.45, 7) is 0. The highest BCUT2D eigenvalue weighted by atomic mass is 79.9. The highest BCUT2D eigenvalue weighted by molar-refractivity contribution is 9.08. The number of pyridine rings is 1. The van der Waals surface area contributed by atoms with Gasteiger partial charge in [-0.05, 0) is 0 Å². The van der Waals surface area contributed by atoms with Crippen LogP contribution in [-0.2, 0) is 5.33 Å². The lowest BCUT2D eigenvalue weighted by atomic mass is 10.2. The minimum absolute atomic E-state index is 0.167. The molecular formula is C8H8BrF2NO. The van der Waals surface area contributed by atoms with Crippen molar-refractivity contribution in [3.63, 3.8) is 0 Å². The summed E-state index contributed by atoms with van der Waals surface area (Å²) in [6.07, 6.45) is 0.0659. The first kappa shape index (κ1) is 10.4. The van der Waals surface area contributed by atoms with Crippen LogP contribution in [0.2, 0.25) is 0 Å². The van der Waals surface area contributed by atoms with Gasteiger partial charge in [-0.3, -0.25) is 4.98 Å². The standard InChI is InChI=1S/C8H8BrF2NO/c1-13-7-5(2-9)3-12-4-6(7)8(10)11/h3-4,8H,2H2,1H3. The van der Waals surface area contributed by atoms with E-state index in [1.165, 1.54) is 13.3 Å². The second kappa shape index (κ2) is 4.50. The lowest BCUT2D eigenvalue weighted by Gasteiger charge is -2.10. The summed E-state index contributed by atoms with van der Waals surface area (Å²) in [5, 5.41) is 0.448. The third kappa shape index (κ3) is 2.15. The minimum atomic E-state index is -2.55. The van der Waals surface area contributed by atoms with E-state index in [-0.39, 0.29) is 11.3 Å². The largest absolute Gasteiger partial charge is 0.496 e. The summed E-state index contributed by atoms with van der Waals surface area (Å²) in [7, 11) is 1.37. The van der Waals surface area contributed by atoms with Gasteiger partial charge in [0.1, 0.15) is 5.75 Å². The van der Waals surface area contributed by atoms with Crippen LogP contribution in [0.1, 0.15) is 17.6 Å². The Morgan fingerprint density at radius 2 is 2.23 bits per heavy atom. The van der Waals surface area contributed by atoms with Gasteiger partial charge in [0.25, 0.3) is 6.43 Å². The van der Waals surface area contributed by atoms with Crippen molar-refractivity contribution in [3.8, 4) is 5.75 Å². The fourth-order valence-corrected chi connectivity index (χ4v) is 1.41. The average molecular weight is 252 g/mol. The molecule has 13 heavy (non-hydrogen) atoms. The van der Waals surface area contributed by atoms with Crippen molar-refractivity contribution in [1.82, 2.24) is 4.98 Å². The van der Waals surface area contributed by atoms with E-state index in [9.17, 15) is 8.78 Å². The van der Waals surface area contributed by atoms with Crippen LogP contribution >= 0.6 is 15.9 Å². The number of aromatic nitrogens is 1. The van der Waals surface area contributed by atoms with E-state index in [2.05, 4.69) is 20.9 Å². The lowest BCUT2D eigenvalue weighted by Crippen LogP contribution is -1.97. The van der Waals surface area contributed by atoms with Crippen molar-refractivity contribution in [2.75, 3.05) is 7.11 Å². The number of ether oxygens (including phenoxy) is 1. The number of nitrogens with zero attached hydrogens (tertiary/aromatic N) is 1. The summed E-state index contributed by atoms with van der Waals surface area (Å²) < 4.78 is 29.7. The summed E-state index contributed by atoms with van der Waals surface area (Å²) in [6, 6.07) is 0. The molecule has 0 bridgehead atoms. The second-order valence-electron chi connectivity index (χ2n) is 2.36. The third-order valence-electron chi connectivity index (χ3n) is 1.58. The van der Waals surface area contributed by atoms with Crippen molar-refractivity contribution in [2.24, 2.45) is 0 Å². The molecule has 0 N–H and O–H groups in total. The van der Waals surface area contributed by atoms with Crippen molar-refractivity contribution >= 4 is 15.9 Å². The van der Waals surface area contributed by atoms with Crippen LogP contribution in [-0.4, -0.2) is 12.1 Å². The molecule has 0 saturated heterocycles. The predicted octanol–water partition coefficient (Wildman–Crippen LogP) is 2.92. The molecule has 0 spiro atoms. The van der Waals surface area contributed by atoms with E-state index in [0.29, 0.717) is 10.9 Å². The van der Waals surface area contributed by atoms with E-state index in [4.69, 9.17) is 4.74 Å². The van der Waals surface area contributed by atoms with Crippen LogP contribution in [0.3, 0.4) is 0 Å². The molecule has 72 valence electrons. The first-order valence-electron chi connectivity index (χ1n) is 3.55. The maximum atomic E-state index is 12.4. The number of hydrogen-bond acceptors (Lipinski definition) is 2. The SMILES string of the molecule is COc1c(CBr)cncc1C(F)F. The number of rotatable bonds is 3. The first-order valence-corrected chi connectivity index (χ1v) is 4.67. The molecule has 2 nitrogen and oxygen atoms in total. The predicted molar refractivity (Wildman–Crippen MR) is 48.4 cm³/mol. The van der Waals surface area contributed by atoms with Crippen LogP contribution in [0.5, 0.6) is 5.75 Å². The van der Waals surface area contributed by atoms with Gasteiger partial charge < -0.3 is 4.74 Å². The Morgan fingerprint density at radius 1 is 1.54 bits per heavy atom. The minimum Gasteiger partial charge on any atom is -0.496 e. The Balaban J connectivity index is 3.19. The van der Waals surface area contributed by atoms with Crippen LogP contribution in [0.4, 0.5) is 8.78 Å². The van der Waals surface area contributed by atoms with Crippen LogP contribution < -0.4 is 4.74 Å². The molecule has 1 aromatic heterocycles. The third-order valence-corrected chi connectivity index (χ3v) is 2.19. The molecule has 0 aliphatic carbocycles. The van der Waals surface area contributed by atoms with Crippen molar-refractivity contribution < 1.29 is 13.5 Å². The molecule has 1 heterocycles. The van der Waals surface area contributed by atoms with Crippen molar-refractivity contribution in [3.05, 3.63) is 23.5 Å². The van der Waals surface area contributed by atoms with Gasteiger partial charge in [0.05, 0.1) is 12.7 Å². The van der Waals surface area contributed by atoms with Crippen LogP contribution in [0, 0.1) is 0 Å². The maximum absolute atomic E-state index is 12.4. The Bertz CT molecular complexity index is 293. The zero-order valence-electron chi connectivity index (χ0n) is 6.93. The Morgan fingerprint density at radius 3 is 2.69 bits per heavy atom. The van der Waals surface area contributed by atoms with E-state index < -0.39 is 6.43 Å². The highest BCUT2D eigenvalue weighted by Gasteiger charge is 2.16. The number of alkyl halides is 3. The molecule has 0 aliphatic rings. The first-order chi connectivity index (χ1) is 6.20. The zero-order chi connectivity index (χ0) is 9.84. The smallest absolute Gasteiger partial charge is 0.268 e.